The van der Waals surface area contributed by atoms with Crippen LogP contribution >= 0.6 is 11.8 Å². The summed E-state index contributed by atoms with van der Waals surface area (Å²) in [6, 6.07) is 17.5. The van der Waals surface area contributed by atoms with Crippen LogP contribution in [-0.4, -0.2) is 6.26 Å². The normalized spacial score (nSPS) is 12.2. The summed E-state index contributed by atoms with van der Waals surface area (Å²) in [5.41, 5.74) is 3.77. The predicted molar refractivity (Wildman–Crippen MR) is 81.4 cm³/mol. The third-order valence-corrected chi connectivity index (χ3v) is 3.76. The number of anilines is 1. The molecule has 0 saturated carbocycles. The lowest BCUT2D eigenvalue weighted by molar-refractivity contribution is 0.882. The zero-order valence-electron chi connectivity index (χ0n) is 11.1. The average molecular weight is 257 g/mol. The monoisotopic (exact) mass is 257 g/mol. The van der Waals surface area contributed by atoms with Crippen LogP contribution in [0.3, 0.4) is 0 Å². The zero-order valence-corrected chi connectivity index (χ0v) is 11.9. The second-order valence-electron chi connectivity index (χ2n) is 4.51. The number of benzene rings is 2. The molecule has 0 aliphatic carbocycles. The summed E-state index contributed by atoms with van der Waals surface area (Å²) in [5.74, 6) is 0. The lowest BCUT2D eigenvalue weighted by Crippen LogP contribution is -2.06. The highest BCUT2D eigenvalue weighted by molar-refractivity contribution is 7.98. The summed E-state index contributed by atoms with van der Waals surface area (Å²) >= 11 is 1.77. The minimum Gasteiger partial charge on any atom is -0.379 e. The number of rotatable bonds is 4. The largest absolute Gasteiger partial charge is 0.379 e. The Hall–Kier alpha value is -1.41. The van der Waals surface area contributed by atoms with Crippen LogP contribution in [0.4, 0.5) is 5.69 Å². The molecule has 94 valence electrons. The quantitative estimate of drug-likeness (QED) is 0.783. The smallest absolute Gasteiger partial charge is 0.0485 e. The number of aryl methyl sites for hydroxylation is 1. The minimum absolute atomic E-state index is 0.322. The van der Waals surface area contributed by atoms with E-state index in [1.807, 2.05) is 0 Å². The van der Waals surface area contributed by atoms with Gasteiger partial charge in [-0.25, -0.2) is 0 Å². The van der Waals surface area contributed by atoms with Crippen LogP contribution in [0.5, 0.6) is 0 Å². The Morgan fingerprint density at radius 3 is 2.39 bits per heavy atom. The van der Waals surface area contributed by atoms with E-state index in [-0.39, 0.29) is 0 Å². The molecule has 0 saturated heterocycles. The van der Waals surface area contributed by atoms with Crippen molar-refractivity contribution in [2.45, 2.75) is 24.8 Å². The zero-order chi connectivity index (χ0) is 13.0. The van der Waals surface area contributed by atoms with Gasteiger partial charge >= 0.3 is 0 Å². The van der Waals surface area contributed by atoms with Gasteiger partial charge < -0.3 is 5.32 Å². The minimum atomic E-state index is 0.322. The summed E-state index contributed by atoms with van der Waals surface area (Å²) in [5, 5.41) is 3.53. The van der Waals surface area contributed by atoms with Crippen LogP contribution in [0, 0.1) is 6.92 Å². The Labute approximate surface area is 114 Å². The van der Waals surface area contributed by atoms with E-state index in [9.17, 15) is 0 Å². The van der Waals surface area contributed by atoms with E-state index in [4.69, 9.17) is 0 Å². The molecule has 18 heavy (non-hydrogen) atoms. The van der Waals surface area contributed by atoms with Crippen molar-refractivity contribution in [1.29, 1.82) is 0 Å². The molecule has 2 rings (SSSR count). The Balaban J connectivity index is 2.09. The third-order valence-electron chi connectivity index (χ3n) is 3.02. The highest BCUT2D eigenvalue weighted by Crippen LogP contribution is 2.22. The molecular weight excluding hydrogens is 238 g/mol. The highest BCUT2D eigenvalue weighted by atomic mass is 32.2. The van der Waals surface area contributed by atoms with Crippen molar-refractivity contribution in [2.75, 3.05) is 11.6 Å². The number of hydrogen-bond acceptors (Lipinski definition) is 2. The topological polar surface area (TPSA) is 12.0 Å². The van der Waals surface area contributed by atoms with Crippen molar-refractivity contribution >= 4 is 17.4 Å². The molecule has 0 aliphatic rings. The molecular formula is C16H19NS. The van der Waals surface area contributed by atoms with E-state index in [0.29, 0.717) is 6.04 Å². The summed E-state index contributed by atoms with van der Waals surface area (Å²) in [4.78, 5) is 1.31. The van der Waals surface area contributed by atoms with E-state index in [1.165, 1.54) is 21.7 Å². The Morgan fingerprint density at radius 2 is 1.78 bits per heavy atom. The second kappa shape index (κ2) is 5.96. The molecule has 1 unspecified atom stereocenters. The van der Waals surface area contributed by atoms with Crippen molar-refractivity contribution in [3.8, 4) is 0 Å². The van der Waals surface area contributed by atoms with Crippen molar-refractivity contribution in [3.63, 3.8) is 0 Å². The van der Waals surface area contributed by atoms with Gasteiger partial charge in [-0.2, -0.15) is 0 Å². The molecule has 1 N–H and O–H groups in total. The van der Waals surface area contributed by atoms with Crippen molar-refractivity contribution < 1.29 is 0 Å². The van der Waals surface area contributed by atoms with E-state index in [0.717, 1.165) is 0 Å². The SMILES string of the molecule is CSc1ccc(C(C)Nc2cccc(C)c2)cc1. The standard InChI is InChI=1S/C16H19NS/c1-12-5-4-6-15(11-12)17-13(2)14-7-9-16(18-3)10-8-14/h4-11,13,17H,1-3H3. The maximum absolute atomic E-state index is 3.53. The molecule has 1 nitrogen and oxygen atoms in total. The predicted octanol–water partition coefficient (Wildman–Crippen LogP) is 4.89. The molecule has 1 atom stereocenters. The summed E-state index contributed by atoms with van der Waals surface area (Å²) in [6.45, 7) is 4.31. The average Bonchev–Trinajstić information content (AvgIpc) is 2.39. The van der Waals surface area contributed by atoms with Gasteiger partial charge in [-0.05, 0) is 55.5 Å². The van der Waals surface area contributed by atoms with Crippen LogP contribution in [0.2, 0.25) is 0 Å². The fourth-order valence-electron chi connectivity index (χ4n) is 1.96. The first-order valence-electron chi connectivity index (χ1n) is 6.16. The maximum atomic E-state index is 3.53. The fraction of sp³-hybridized carbons (Fsp3) is 0.250. The first-order chi connectivity index (χ1) is 8.69. The molecule has 0 radical (unpaired) electrons. The van der Waals surface area contributed by atoms with Gasteiger partial charge in [0.25, 0.3) is 0 Å². The van der Waals surface area contributed by atoms with Crippen LogP contribution < -0.4 is 5.32 Å². The third kappa shape index (κ3) is 3.30. The molecule has 0 amide bonds. The maximum Gasteiger partial charge on any atom is 0.0485 e. The number of thioether (sulfide) groups is 1. The second-order valence-corrected chi connectivity index (χ2v) is 5.39. The Bertz CT molecular complexity index is 505. The van der Waals surface area contributed by atoms with Crippen LogP contribution in [-0.2, 0) is 0 Å². The van der Waals surface area contributed by atoms with E-state index in [1.54, 1.807) is 11.8 Å². The first kappa shape index (κ1) is 13.0. The number of hydrogen-bond donors (Lipinski definition) is 1. The molecule has 0 bridgehead atoms. The summed E-state index contributed by atoms with van der Waals surface area (Å²) in [7, 11) is 0. The summed E-state index contributed by atoms with van der Waals surface area (Å²) < 4.78 is 0. The molecule has 0 spiro atoms. The molecule has 0 aromatic heterocycles. The van der Waals surface area contributed by atoms with Crippen LogP contribution in [0.1, 0.15) is 24.1 Å². The lowest BCUT2D eigenvalue weighted by atomic mass is 10.1. The Morgan fingerprint density at radius 1 is 1.06 bits per heavy atom. The molecule has 2 aromatic rings. The summed E-state index contributed by atoms with van der Waals surface area (Å²) in [6.07, 6.45) is 2.10. The molecule has 0 heterocycles. The first-order valence-corrected chi connectivity index (χ1v) is 7.38. The van der Waals surface area contributed by atoms with Crippen molar-refractivity contribution in [1.82, 2.24) is 0 Å². The van der Waals surface area contributed by atoms with Crippen molar-refractivity contribution in [2.24, 2.45) is 0 Å². The van der Waals surface area contributed by atoms with Crippen LogP contribution in [0.25, 0.3) is 0 Å². The number of nitrogens with one attached hydrogen (secondary N) is 1. The van der Waals surface area contributed by atoms with Gasteiger partial charge in [0, 0.05) is 16.6 Å². The van der Waals surface area contributed by atoms with Gasteiger partial charge in [0.2, 0.25) is 0 Å². The molecule has 2 aromatic carbocycles. The van der Waals surface area contributed by atoms with E-state index >= 15 is 0 Å². The van der Waals surface area contributed by atoms with Gasteiger partial charge in [0.15, 0.2) is 0 Å². The lowest BCUT2D eigenvalue weighted by Gasteiger charge is -2.16. The molecule has 0 aliphatic heterocycles. The molecule has 0 fully saturated rings. The molecule has 2 heteroatoms. The van der Waals surface area contributed by atoms with Gasteiger partial charge in [-0.15, -0.1) is 11.8 Å². The fourth-order valence-corrected chi connectivity index (χ4v) is 2.37. The van der Waals surface area contributed by atoms with Crippen molar-refractivity contribution in [3.05, 3.63) is 59.7 Å². The highest BCUT2D eigenvalue weighted by Gasteiger charge is 2.05. The van der Waals surface area contributed by atoms with Crippen LogP contribution in [0.15, 0.2) is 53.4 Å². The van der Waals surface area contributed by atoms with Gasteiger partial charge in [-0.3, -0.25) is 0 Å². The Kier molecular flexibility index (Phi) is 4.32. The van der Waals surface area contributed by atoms with E-state index < -0.39 is 0 Å². The van der Waals surface area contributed by atoms with Gasteiger partial charge in [0.05, 0.1) is 0 Å². The van der Waals surface area contributed by atoms with Gasteiger partial charge in [-0.1, -0.05) is 24.3 Å². The van der Waals surface area contributed by atoms with Gasteiger partial charge in [0.1, 0.15) is 0 Å². The van der Waals surface area contributed by atoms with E-state index in [2.05, 4.69) is 74.0 Å².